The van der Waals surface area contributed by atoms with Gasteiger partial charge >= 0.3 is 0 Å². The van der Waals surface area contributed by atoms with E-state index < -0.39 is 13.9 Å². The van der Waals surface area contributed by atoms with E-state index in [-0.39, 0.29) is 16.4 Å². The maximum absolute atomic E-state index is 9.41. The molecule has 0 aliphatic heterocycles. The maximum atomic E-state index is 9.41. The number of aromatic nitrogens is 2. The zero-order chi connectivity index (χ0) is 24.3. The van der Waals surface area contributed by atoms with Crippen LogP contribution < -0.4 is 4.43 Å². The van der Waals surface area contributed by atoms with Gasteiger partial charge in [0, 0.05) is 7.11 Å². The molecule has 0 aliphatic carbocycles. The molecule has 1 aromatic carbocycles. The van der Waals surface area contributed by atoms with Gasteiger partial charge in [0.2, 0.25) is 8.32 Å². The van der Waals surface area contributed by atoms with E-state index in [2.05, 4.69) is 56.0 Å². The number of hydrogen-bond acceptors (Lipinski definition) is 6. The molecule has 6 nitrogen and oxygen atoms in total. The highest BCUT2D eigenvalue weighted by Gasteiger charge is 2.41. The molecule has 3 rings (SSSR count). The second-order valence-corrected chi connectivity index (χ2v) is 14.0. The Kier molecular flexibility index (Phi) is 6.69. The predicted octanol–water partition coefficient (Wildman–Crippen LogP) is 5.54. The van der Waals surface area contributed by atoms with E-state index in [1.165, 1.54) is 0 Å². The van der Waals surface area contributed by atoms with Gasteiger partial charge in [-0.25, -0.2) is 9.97 Å². The summed E-state index contributed by atoms with van der Waals surface area (Å²) in [5, 5.41) is 18.9. The lowest BCUT2D eigenvalue weighted by Gasteiger charge is -2.37. The van der Waals surface area contributed by atoms with Crippen molar-refractivity contribution in [2.45, 2.75) is 44.5 Å². The van der Waals surface area contributed by atoms with Crippen LogP contribution in [0.15, 0.2) is 60.7 Å². The summed E-state index contributed by atoms with van der Waals surface area (Å²) in [5.74, 6) is 0.785. The SMILES string of the molecule is COC(c1ccc(O[Si](C)(C)C(C)(C)C)cc1)(c1cccc(C#N)n1)c1cccc(C#N)n1. The number of methoxy groups -OCH3 is 1. The quantitative estimate of drug-likeness (QED) is 0.452. The Hall–Kier alpha value is -3.52. The molecular weight excluding hydrogens is 428 g/mol. The molecule has 0 atom stereocenters. The van der Waals surface area contributed by atoms with Crippen molar-refractivity contribution in [2.24, 2.45) is 0 Å². The molecule has 0 spiro atoms. The van der Waals surface area contributed by atoms with Gasteiger partial charge in [0.25, 0.3) is 0 Å². The minimum atomic E-state index is -2.00. The van der Waals surface area contributed by atoms with Gasteiger partial charge in [-0.15, -0.1) is 0 Å². The average Bonchev–Trinajstić information content (AvgIpc) is 2.80. The number of hydrogen-bond donors (Lipinski definition) is 0. The third kappa shape index (κ3) is 4.66. The summed E-state index contributed by atoms with van der Waals surface area (Å²) in [6.45, 7) is 11.0. The van der Waals surface area contributed by atoms with Crippen molar-refractivity contribution in [1.29, 1.82) is 10.5 Å². The van der Waals surface area contributed by atoms with Gasteiger partial charge in [-0.05, 0) is 60.1 Å². The molecule has 0 bridgehead atoms. The Morgan fingerprint density at radius 2 is 1.27 bits per heavy atom. The van der Waals surface area contributed by atoms with Crippen LogP contribution in [0.5, 0.6) is 5.75 Å². The Balaban J connectivity index is 2.18. The van der Waals surface area contributed by atoms with Crippen molar-refractivity contribution >= 4 is 8.32 Å². The summed E-state index contributed by atoms with van der Waals surface area (Å²) < 4.78 is 12.5. The minimum absolute atomic E-state index is 0.0747. The van der Waals surface area contributed by atoms with Crippen LogP contribution in [0.4, 0.5) is 0 Å². The molecule has 3 aromatic rings. The van der Waals surface area contributed by atoms with Gasteiger partial charge in [-0.3, -0.25) is 0 Å². The fourth-order valence-corrected chi connectivity index (χ4v) is 4.38. The van der Waals surface area contributed by atoms with E-state index in [1.54, 1.807) is 43.5 Å². The van der Waals surface area contributed by atoms with Crippen LogP contribution >= 0.6 is 0 Å². The standard InChI is InChI=1S/C26H28N4O2Si/c1-25(2,3)33(5,6)32-22-15-13-19(14-16-22)26(31-4,23-11-7-9-20(17-27)29-23)24-12-8-10-21(18-28)30-24/h7-16H,1-6H3. The Labute approximate surface area is 196 Å². The normalized spacial score (nSPS) is 12.0. The Morgan fingerprint density at radius 1 is 0.788 bits per heavy atom. The van der Waals surface area contributed by atoms with Crippen LogP contribution in [0.1, 0.15) is 49.1 Å². The second kappa shape index (κ2) is 9.15. The molecule has 2 aromatic heterocycles. The van der Waals surface area contributed by atoms with E-state index in [0.29, 0.717) is 11.4 Å². The monoisotopic (exact) mass is 456 g/mol. The molecule has 0 radical (unpaired) electrons. The third-order valence-corrected chi connectivity index (χ3v) is 10.6. The molecule has 0 saturated carbocycles. The van der Waals surface area contributed by atoms with Crippen LogP contribution in [-0.2, 0) is 10.3 Å². The third-order valence-electron chi connectivity index (χ3n) is 6.19. The Morgan fingerprint density at radius 3 is 1.67 bits per heavy atom. The lowest BCUT2D eigenvalue weighted by molar-refractivity contribution is 0.0510. The first-order valence-corrected chi connectivity index (χ1v) is 13.6. The lowest BCUT2D eigenvalue weighted by atomic mass is 9.85. The average molecular weight is 457 g/mol. The summed E-state index contributed by atoms with van der Waals surface area (Å²) in [6.07, 6.45) is 0. The van der Waals surface area contributed by atoms with Gasteiger partial charge < -0.3 is 9.16 Å². The molecule has 2 heterocycles. The summed E-state index contributed by atoms with van der Waals surface area (Å²) in [4.78, 5) is 9.05. The number of benzene rings is 1. The van der Waals surface area contributed by atoms with Crippen LogP contribution in [0.2, 0.25) is 18.1 Å². The largest absolute Gasteiger partial charge is 0.544 e. The molecule has 0 saturated heterocycles. The number of rotatable bonds is 6. The number of ether oxygens (including phenoxy) is 1. The van der Waals surface area contributed by atoms with Crippen LogP contribution in [0.3, 0.4) is 0 Å². The highest BCUT2D eigenvalue weighted by Crippen LogP contribution is 2.40. The fourth-order valence-electron chi connectivity index (χ4n) is 3.35. The summed E-state index contributed by atoms with van der Waals surface area (Å²) >= 11 is 0. The first-order chi connectivity index (χ1) is 15.6. The van der Waals surface area contributed by atoms with Gasteiger partial charge in [0.1, 0.15) is 29.3 Å². The molecule has 7 heteroatoms. The first-order valence-electron chi connectivity index (χ1n) is 10.7. The maximum Gasteiger partial charge on any atom is 0.250 e. The molecule has 33 heavy (non-hydrogen) atoms. The molecule has 0 amide bonds. The molecular formula is C26H28N4O2Si. The van der Waals surface area contributed by atoms with Crippen LogP contribution in [-0.4, -0.2) is 25.4 Å². The molecule has 168 valence electrons. The van der Waals surface area contributed by atoms with Crippen molar-refractivity contribution in [3.05, 3.63) is 89.0 Å². The number of nitriles is 2. The highest BCUT2D eigenvalue weighted by molar-refractivity contribution is 6.74. The lowest BCUT2D eigenvalue weighted by Crippen LogP contribution is -2.43. The van der Waals surface area contributed by atoms with Crippen molar-refractivity contribution in [2.75, 3.05) is 7.11 Å². The van der Waals surface area contributed by atoms with Crippen LogP contribution in [0, 0.1) is 22.7 Å². The zero-order valence-electron chi connectivity index (χ0n) is 19.9. The topological polar surface area (TPSA) is 91.8 Å². The van der Waals surface area contributed by atoms with Crippen LogP contribution in [0.25, 0.3) is 0 Å². The minimum Gasteiger partial charge on any atom is -0.544 e. The summed E-state index contributed by atoms with van der Waals surface area (Å²) in [6, 6.07) is 22.3. The molecule has 0 fully saturated rings. The van der Waals surface area contributed by atoms with Gasteiger partial charge in [0.15, 0.2) is 5.60 Å². The van der Waals surface area contributed by atoms with E-state index in [1.807, 2.05) is 24.3 Å². The smallest absolute Gasteiger partial charge is 0.250 e. The molecule has 0 aliphatic rings. The molecule has 0 unspecified atom stereocenters. The van der Waals surface area contributed by atoms with Gasteiger partial charge in [0.05, 0.1) is 11.4 Å². The number of nitrogens with zero attached hydrogens (tertiary/aromatic N) is 4. The Bertz CT molecular complexity index is 1160. The number of pyridine rings is 2. The van der Waals surface area contributed by atoms with Gasteiger partial charge in [-0.1, -0.05) is 45.0 Å². The van der Waals surface area contributed by atoms with Crippen molar-refractivity contribution in [3.63, 3.8) is 0 Å². The second-order valence-electron chi connectivity index (χ2n) is 9.31. The molecule has 0 N–H and O–H groups in total. The van der Waals surface area contributed by atoms with E-state index >= 15 is 0 Å². The predicted molar refractivity (Wildman–Crippen MR) is 129 cm³/mol. The van der Waals surface area contributed by atoms with Crippen molar-refractivity contribution in [1.82, 2.24) is 9.97 Å². The van der Waals surface area contributed by atoms with E-state index in [0.717, 1.165) is 11.3 Å². The zero-order valence-corrected chi connectivity index (χ0v) is 20.9. The highest BCUT2D eigenvalue weighted by atomic mass is 28.4. The van der Waals surface area contributed by atoms with Gasteiger partial charge in [-0.2, -0.15) is 10.5 Å². The van der Waals surface area contributed by atoms with E-state index in [9.17, 15) is 10.5 Å². The van der Waals surface area contributed by atoms with Crippen molar-refractivity contribution in [3.8, 4) is 17.9 Å². The first kappa shape index (κ1) is 24.1. The fraction of sp³-hybridized carbons (Fsp3) is 0.308. The summed E-state index contributed by atoms with van der Waals surface area (Å²) in [5.41, 5.74) is 1.09. The van der Waals surface area contributed by atoms with Crippen molar-refractivity contribution < 1.29 is 9.16 Å². The van der Waals surface area contributed by atoms with E-state index in [4.69, 9.17) is 9.16 Å². The summed E-state index contributed by atoms with van der Waals surface area (Å²) in [7, 11) is -0.427.